The van der Waals surface area contributed by atoms with Crippen molar-refractivity contribution in [3.63, 3.8) is 0 Å². The summed E-state index contributed by atoms with van der Waals surface area (Å²) in [6.45, 7) is 5.52. The largest absolute Gasteiger partial charge is 0.497 e. The first kappa shape index (κ1) is 13.8. The highest BCUT2D eigenvalue weighted by Crippen LogP contribution is 2.24. The maximum atomic E-state index is 5.64. The smallest absolute Gasteiger partial charge is 0.127 e. The van der Waals surface area contributed by atoms with E-state index in [1.165, 1.54) is 0 Å². The molecule has 0 amide bonds. The average Bonchev–Trinajstić information content (AvgIpc) is 2.34. The summed E-state index contributed by atoms with van der Waals surface area (Å²) in [4.78, 5) is 0. The number of nitrogens with two attached hydrogens (primary N) is 1. The number of hydrogen-bond acceptors (Lipinski definition) is 4. The molecular formula is C13H21NO3. The second-order valence-corrected chi connectivity index (χ2v) is 3.95. The van der Waals surface area contributed by atoms with Crippen molar-refractivity contribution < 1.29 is 14.2 Å². The summed E-state index contributed by atoms with van der Waals surface area (Å²) >= 11 is 0. The molecule has 96 valence electrons. The van der Waals surface area contributed by atoms with Crippen LogP contribution in [-0.4, -0.2) is 26.4 Å². The van der Waals surface area contributed by atoms with Gasteiger partial charge in [-0.25, -0.2) is 0 Å². The van der Waals surface area contributed by atoms with E-state index >= 15 is 0 Å². The van der Waals surface area contributed by atoms with Crippen molar-refractivity contribution in [1.29, 1.82) is 0 Å². The molecule has 4 nitrogen and oxygen atoms in total. The van der Waals surface area contributed by atoms with Crippen molar-refractivity contribution in [2.24, 2.45) is 5.73 Å². The van der Waals surface area contributed by atoms with Crippen LogP contribution >= 0.6 is 0 Å². The van der Waals surface area contributed by atoms with Gasteiger partial charge in [-0.05, 0) is 19.9 Å². The van der Waals surface area contributed by atoms with E-state index in [1.54, 1.807) is 7.11 Å². The Balaban J connectivity index is 2.55. The molecule has 1 rings (SSSR count). The number of hydrogen-bond donors (Lipinski definition) is 1. The van der Waals surface area contributed by atoms with Crippen LogP contribution in [0.3, 0.4) is 0 Å². The highest BCUT2D eigenvalue weighted by Gasteiger charge is 2.04. The fourth-order valence-electron chi connectivity index (χ4n) is 1.40. The average molecular weight is 239 g/mol. The minimum Gasteiger partial charge on any atom is -0.497 e. The summed E-state index contributed by atoms with van der Waals surface area (Å²) in [5.41, 5.74) is 6.61. The van der Waals surface area contributed by atoms with Gasteiger partial charge in [-0.15, -0.1) is 0 Å². The standard InChI is InChI=1S/C13H21NO3/c1-10(2)16-6-7-17-13-8-12(15-3)5-4-11(13)9-14/h4-5,8,10H,6-7,9,14H2,1-3H3. The zero-order valence-electron chi connectivity index (χ0n) is 10.7. The molecule has 2 N–H and O–H groups in total. The van der Waals surface area contributed by atoms with E-state index in [1.807, 2.05) is 32.0 Å². The third-order valence-corrected chi connectivity index (χ3v) is 2.29. The van der Waals surface area contributed by atoms with E-state index in [-0.39, 0.29) is 6.10 Å². The van der Waals surface area contributed by atoms with Gasteiger partial charge >= 0.3 is 0 Å². The van der Waals surface area contributed by atoms with Gasteiger partial charge in [0.15, 0.2) is 0 Å². The van der Waals surface area contributed by atoms with Gasteiger partial charge in [0.1, 0.15) is 18.1 Å². The van der Waals surface area contributed by atoms with Gasteiger partial charge in [0, 0.05) is 18.2 Å². The van der Waals surface area contributed by atoms with E-state index in [9.17, 15) is 0 Å². The molecular weight excluding hydrogens is 218 g/mol. The molecule has 0 aromatic heterocycles. The van der Waals surface area contributed by atoms with Gasteiger partial charge in [0.05, 0.1) is 19.8 Å². The van der Waals surface area contributed by atoms with E-state index in [4.69, 9.17) is 19.9 Å². The number of benzene rings is 1. The Labute approximate surface area is 103 Å². The summed E-state index contributed by atoms with van der Waals surface area (Å²) in [5, 5.41) is 0. The van der Waals surface area contributed by atoms with Crippen LogP contribution in [0.15, 0.2) is 18.2 Å². The zero-order valence-corrected chi connectivity index (χ0v) is 10.7. The van der Waals surface area contributed by atoms with Crippen LogP contribution in [0.1, 0.15) is 19.4 Å². The van der Waals surface area contributed by atoms with Gasteiger partial charge in [0.25, 0.3) is 0 Å². The maximum Gasteiger partial charge on any atom is 0.127 e. The summed E-state index contributed by atoms with van der Waals surface area (Å²) in [6.07, 6.45) is 0.220. The lowest BCUT2D eigenvalue weighted by atomic mass is 10.2. The normalized spacial score (nSPS) is 10.6. The van der Waals surface area contributed by atoms with E-state index in [2.05, 4.69) is 0 Å². The molecule has 0 radical (unpaired) electrons. The SMILES string of the molecule is COc1ccc(CN)c(OCCOC(C)C)c1. The first-order valence-electron chi connectivity index (χ1n) is 5.78. The van der Waals surface area contributed by atoms with Crippen LogP contribution in [0.4, 0.5) is 0 Å². The predicted octanol–water partition coefficient (Wildman–Crippen LogP) is 1.96. The lowest BCUT2D eigenvalue weighted by molar-refractivity contribution is 0.0550. The van der Waals surface area contributed by atoms with Crippen molar-refractivity contribution in [3.05, 3.63) is 23.8 Å². The summed E-state index contributed by atoms with van der Waals surface area (Å²) < 4.78 is 16.2. The van der Waals surface area contributed by atoms with Crippen molar-refractivity contribution in [2.75, 3.05) is 20.3 Å². The van der Waals surface area contributed by atoms with Crippen molar-refractivity contribution in [1.82, 2.24) is 0 Å². The molecule has 0 atom stereocenters. The van der Waals surface area contributed by atoms with Gasteiger partial charge in [0.2, 0.25) is 0 Å². The van der Waals surface area contributed by atoms with Crippen molar-refractivity contribution >= 4 is 0 Å². The molecule has 0 spiro atoms. The second kappa shape index (κ2) is 7.14. The topological polar surface area (TPSA) is 53.7 Å². The minimum absolute atomic E-state index is 0.220. The third kappa shape index (κ3) is 4.63. The Bertz CT molecular complexity index is 339. The Morgan fingerprint density at radius 3 is 2.59 bits per heavy atom. The lowest BCUT2D eigenvalue weighted by Crippen LogP contribution is -2.12. The van der Waals surface area contributed by atoms with Crippen LogP contribution in [0, 0.1) is 0 Å². The molecule has 0 saturated carbocycles. The molecule has 0 saturated heterocycles. The van der Waals surface area contributed by atoms with E-state index < -0.39 is 0 Å². The molecule has 0 aliphatic heterocycles. The molecule has 17 heavy (non-hydrogen) atoms. The van der Waals surface area contributed by atoms with Gasteiger partial charge in [-0.3, -0.25) is 0 Å². The summed E-state index contributed by atoms with van der Waals surface area (Å²) in [7, 11) is 1.63. The Hall–Kier alpha value is -1.26. The number of rotatable bonds is 7. The highest BCUT2D eigenvalue weighted by molar-refractivity contribution is 5.40. The fraction of sp³-hybridized carbons (Fsp3) is 0.538. The fourth-order valence-corrected chi connectivity index (χ4v) is 1.40. The number of methoxy groups -OCH3 is 1. The lowest BCUT2D eigenvalue weighted by Gasteiger charge is -2.13. The van der Waals surface area contributed by atoms with Gasteiger partial charge in [-0.1, -0.05) is 6.07 Å². The quantitative estimate of drug-likeness (QED) is 0.739. The monoisotopic (exact) mass is 239 g/mol. The Morgan fingerprint density at radius 1 is 1.24 bits per heavy atom. The zero-order chi connectivity index (χ0) is 12.7. The van der Waals surface area contributed by atoms with Crippen LogP contribution in [0.5, 0.6) is 11.5 Å². The van der Waals surface area contributed by atoms with Crippen molar-refractivity contribution in [3.8, 4) is 11.5 Å². The molecule has 4 heteroatoms. The van der Waals surface area contributed by atoms with Crippen LogP contribution in [0.25, 0.3) is 0 Å². The predicted molar refractivity (Wildman–Crippen MR) is 67.5 cm³/mol. The van der Waals surface area contributed by atoms with Gasteiger partial charge in [-0.2, -0.15) is 0 Å². The first-order chi connectivity index (χ1) is 8.17. The molecule has 0 fully saturated rings. The summed E-state index contributed by atoms with van der Waals surface area (Å²) in [6, 6.07) is 5.63. The second-order valence-electron chi connectivity index (χ2n) is 3.95. The molecule has 0 unspecified atom stereocenters. The molecule has 0 aliphatic carbocycles. The van der Waals surface area contributed by atoms with E-state index in [0.717, 1.165) is 17.1 Å². The molecule has 1 aromatic carbocycles. The molecule has 0 bridgehead atoms. The Kier molecular flexibility index (Phi) is 5.80. The summed E-state index contributed by atoms with van der Waals surface area (Å²) in [5.74, 6) is 1.53. The highest BCUT2D eigenvalue weighted by atomic mass is 16.5. The molecule has 0 heterocycles. The van der Waals surface area contributed by atoms with Gasteiger partial charge < -0.3 is 19.9 Å². The van der Waals surface area contributed by atoms with E-state index in [0.29, 0.717) is 19.8 Å². The maximum absolute atomic E-state index is 5.64. The minimum atomic E-state index is 0.220. The van der Waals surface area contributed by atoms with Crippen LogP contribution in [-0.2, 0) is 11.3 Å². The molecule has 1 aromatic rings. The van der Waals surface area contributed by atoms with Crippen molar-refractivity contribution in [2.45, 2.75) is 26.5 Å². The van der Waals surface area contributed by atoms with Crippen LogP contribution in [0.2, 0.25) is 0 Å². The third-order valence-electron chi connectivity index (χ3n) is 2.29. The number of ether oxygens (including phenoxy) is 3. The first-order valence-corrected chi connectivity index (χ1v) is 5.78. The van der Waals surface area contributed by atoms with Crippen LogP contribution < -0.4 is 15.2 Å². The molecule has 0 aliphatic rings. The Morgan fingerprint density at radius 2 is 2.00 bits per heavy atom.